The molecule has 0 spiro atoms. The summed E-state index contributed by atoms with van der Waals surface area (Å²) < 4.78 is 0.870. The molecule has 0 N–H and O–H groups in total. The lowest BCUT2D eigenvalue weighted by Gasteiger charge is -2.11. The van der Waals surface area contributed by atoms with Gasteiger partial charge in [-0.25, -0.2) is 0 Å². The first-order valence-corrected chi connectivity index (χ1v) is 6.84. The molecule has 0 radical (unpaired) electrons. The second-order valence-electron chi connectivity index (χ2n) is 3.95. The molecule has 0 amide bonds. The summed E-state index contributed by atoms with van der Waals surface area (Å²) >= 11 is 15.8. The Balaban J connectivity index is 2.33. The fraction of sp³-hybridized carbons (Fsp3) is 0.143. The van der Waals surface area contributed by atoms with Gasteiger partial charge in [-0.15, -0.1) is 11.6 Å². The lowest BCUT2D eigenvalue weighted by atomic mass is 10.0. The molecule has 0 aliphatic carbocycles. The number of aryl methyl sites for hydroxylation is 1. The Bertz CT molecular complexity index is 520. The van der Waals surface area contributed by atoms with Gasteiger partial charge in [0.1, 0.15) is 0 Å². The Morgan fingerprint density at radius 1 is 1.00 bits per heavy atom. The monoisotopic (exact) mass is 328 g/mol. The van der Waals surface area contributed by atoms with Gasteiger partial charge in [0.05, 0.1) is 10.4 Å². The molecule has 0 aromatic heterocycles. The van der Waals surface area contributed by atoms with Crippen molar-refractivity contribution in [3.05, 3.63) is 68.7 Å². The van der Waals surface area contributed by atoms with Crippen molar-refractivity contribution in [2.24, 2.45) is 0 Å². The van der Waals surface area contributed by atoms with E-state index in [1.807, 2.05) is 18.2 Å². The van der Waals surface area contributed by atoms with Crippen molar-refractivity contribution >= 4 is 39.1 Å². The van der Waals surface area contributed by atoms with Crippen molar-refractivity contribution in [2.75, 3.05) is 0 Å². The third kappa shape index (κ3) is 3.04. The predicted octanol–water partition coefficient (Wildman–Crippen LogP) is 5.74. The van der Waals surface area contributed by atoms with Gasteiger partial charge in [0.25, 0.3) is 0 Å². The van der Waals surface area contributed by atoms with E-state index in [9.17, 15) is 0 Å². The highest BCUT2D eigenvalue weighted by Crippen LogP contribution is 2.33. The maximum atomic E-state index is 6.44. The molecule has 0 bridgehead atoms. The number of hydrogen-bond acceptors (Lipinski definition) is 0. The molecule has 0 heterocycles. The summed E-state index contributed by atoms with van der Waals surface area (Å²) in [6.07, 6.45) is 0. The standard InChI is InChI=1S/C14H11BrCl2/c1-9-2-4-10(5-3-9)14(17)11-6-7-13(16)12(15)8-11/h2-8,14H,1H3. The van der Waals surface area contributed by atoms with Gasteiger partial charge in [-0.2, -0.15) is 0 Å². The van der Waals surface area contributed by atoms with Crippen LogP contribution in [0.5, 0.6) is 0 Å². The first kappa shape index (κ1) is 12.9. The molecular weight excluding hydrogens is 319 g/mol. The fourth-order valence-electron chi connectivity index (χ4n) is 1.60. The van der Waals surface area contributed by atoms with Gasteiger partial charge in [-0.05, 0) is 46.1 Å². The van der Waals surface area contributed by atoms with Crippen LogP contribution in [-0.2, 0) is 0 Å². The van der Waals surface area contributed by atoms with Gasteiger partial charge in [0.2, 0.25) is 0 Å². The van der Waals surface area contributed by atoms with E-state index in [-0.39, 0.29) is 5.38 Å². The minimum Gasteiger partial charge on any atom is -0.113 e. The van der Waals surface area contributed by atoms with Gasteiger partial charge < -0.3 is 0 Å². The van der Waals surface area contributed by atoms with Crippen LogP contribution in [0.15, 0.2) is 46.9 Å². The Morgan fingerprint density at radius 3 is 2.18 bits per heavy atom. The maximum absolute atomic E-state index is 6.44. The number of hydrogen-bond donors (Lipinski definition) is 0. The van der Waals surface area contributed by atoms with Gasteiger partial charge in [-0.3, -0.25) is 0 Å². The summed E-state index contributed by atoms with van der Waals surface area (Å²) in [6.45, 7) is 2.06. The minimum absolute atomic E-state index is 0.149. The van der Waals surface area contributed by atoms with Crippen LogP contribution in [0.4, 0.5) is 0 Å². The van der Waals surface area contributed by atoms with Crippen molar-refractivity contribution in [2.45, 2.75) is 12.3 Å². The van der Waals surface area contributed by atoms with E-state index >= 15 is 0 Å². The van der Waals surface area contributed by atoms with E-state index in [0.717, 1.165) is 15.6 Å². The summed E-state index contributed by atoms with van der Waals surface area (Å²) in [5, 5.41) is 0.547. The molecule has 0 nitrogen and oxygen atoms in total. The summed E-state index contributed by atoms with van der Waals surface area (Å²) in [4.78, 5) is 0. The Kier molecular flexibility index (Phi) is 4.13. The average Bonchev–Trinajstić information content (AvgIpc) is 2.33. The molecule has 3 heteroatoms. The molecular formula is C14H11BrCl2. The van der Waals surface area contributed by atoms with Crippen LogP contribution in [0.25, 0.3) is 0 Å². The average molecular weight is 330 g/mol. The van der Waals surface area contributed by atoms with Gasteiger partial charge >= 0.3 is 0 Å². The van der Waals surface area contributed by atoms with Crippen LogP contribution in [0, 0.1) is 6.92 Å². The molecule has 88 valence electrons. The smallest absolute Gasteiger partial charge is 0.0835 e. The number of alkyl halides is 1. The lowest BCUT2D eigenvalue weighted by molar-refractivity contribution is 1.13. The molecule has 0 aliphatic rings. The molecule has 0 saturated heterocycles. The van der Waals surface area contributed by atoms with E-state index in [0.29, 0.717) is 5.02 Å². The largest absolute Gasteiger partial charge is 0.113 e. The van der Waals surface area contributed by atoms with Crippen LogP contribution in [0.1, 0.15) is 22.1 Å². The SMILES string of the molecule is Cc1ccc(C(Cl)c2ccc(Cl)c(Br)c2)cc1. The number of halogens is 3. The van der Waals surface area contributed by atoms with Gasteiger partial charge in [0.15, 0.2) is 0 Å². The van der Waals surface area contributed by atoms with Gasteiger partial charge in [-0.1, -0.05) is 47.5 Å². The highest BCUT2D eigenvalue weighted by Gasteiger charge is 2.11. The van der Waals surface area contributed by atoms with E-state index in [2.05, 4.69) is 47.1 Å². The number of rotatable bonds is 2. The van der Waals surface area contributed by atoms with Gasteiger partial charge in [0, 0.05) is 4.47 Å². The normalized spacial score (nSPS) is 12.5. The van der Waals surface area contributed by atoms with E-state index < -0.39 is 0 Å². The number of benzene rings is 2. The summed E-state index contributed by atoms with van der Waals surface area (Å²) in [7, 11) is 0. The topological polar surface area (TPSA) is 0 Å². The van der Waals surface area contributed by atoms with Crippen LogP contribution < -0.4 is 0 Å². The maximum Gasteiger partial charge on any atom is 0.0835 e. The molecule has 1 atom stereocenters. The summed E-state index contributed by atoms with van der Waals surface area (Å²) in [6, 6.07) is 14.0. The molecule has 2 rings (SSSR count). The van der Waals surface area contributed by atoms with Crippen molar-refractivity contribution in [3.8, 4) is 0 Å². The molecule has 2 aromatic rings. The Labute approximate surface area is 120 Å². The fourth-order valence-corrected chi connectivity index (χ4v) is 2.39. The van der Waals surface area contributed by atoms with Crippen LogP contribution in [-0.4, -0.2) is 0 Å². The van der Waals surface area contributed by atoms with Crippen LogP contribution >= 0.6 is 39.1 Å². The minimum atomic E-state index is -0.149. The summed E-state index contributed by atoms with van der Waals surface area (Å²) in [5.41, 5.74) is 3.35. The zero-order valence-electron chi connectivity index (χ0n) is 9.25. The molecule has 0 saturated carbocycles. The van der Waals surface area contributed by atoms with Crippen molar-refractivity contribution in [3.63, 3.8) is 0 Å². The van der Waals surface area contributed by atoms with Crippen molar-refractivity contribution < 1.29 is 0 Å². The molecule has 0 fully saturated rings. The first-order valence-electron chi connectivity index (χ1n) is 5.23. The highest BCUT2D eigenvalue weighted by atomic mass is 79.9. The Hall–Kier alpha value is -0.500. The van der Waals surface area contributed by atoms with Crippen molar-refractivity contribution in [1.82, 2.24) is 0 Å². The third-order valence-electron chi connectivity index (χ3n) is 2.61. The van der Waals surface area contributed by atoms with E-state index in [4.69, 9.17) is 23.2 Å². The van der Waals surface area contributed by atoms with Crippen LogP contribution in [0.3, 0.4) is 0 Å². The zero-order valence-corrected chi connectivity index (χ0v) is 12.4. The zero-order chi connectivity index (χ0) is 12.4. The third-order valence-corrected chi connectivity index (χ3v) is 4.32. The van der Waals surface area contributed by atoms with E-state index in [1.54, 1.807) is 0 Å². The lowest BCUT2D eigenvalue weighted by Crippen LogP contribution is -1.93. The predicted molar refractivity (Wildman–Crippen MR) is 78.0 cm³/mol. The van der Waals surface area contributed by atoms with Crippen LogP contribution in [0.2, 0.25) is 5.02 Å². The molecule has 17 heavy (non-hydrogen) atoms. The first-order chi connectivity index (χ1) is 8.08. The summed E-state index contributed by atoms with van der Waals surface area (Å²) in [5.74, 6) is 0. The highest BCUT2D eigenvalue weighted by molar-refractivity contribution is 9.10. The van der Waals surface area contributed by atoms with E-state index in [1.165, 1.54) is 5.56 Å². The Morgan fingerprint density at radius 2 is 1.59 bits per heavy atom. The molecule has 0 aliphatic heterocycles. The quantitative estimate of drug-likeness (QED) is 0.616. The molecule has 1 unspecified atom stereocenters. The second-order valence-corrected chi connectivity index (χ2v) is 5.64. The second kappa shape index (κ2) is 5.43. The van der Waals surface area contributed by atoms with Crippen molar-refractivity contribution in [1.29, 1.82) is 0 Å². The molecule has 2 aromatic carbocycles.